The maximum absolute atomic E-state index is 12.1. The lowest BCUT2D eigenvalue weighted by atomic mass is 9.36. The summed E-state index contributed by atoms with van der Waals surface area (Å²) >= 11 is 0. The molecular formula is C24H31NO4. The Labute approximate surface area is 172 Å². The van der Waals surface area contributed by atoms with Gasteiger partial charge in [0, 0.05) is 22.9 Å². The van der Waals surface area contributed by atoms with Crippen molar-refractivity contribution in [2.24, 2.45) is 11.3 Å². The summed E-state index contributed by atoms with van der Waals surface area (Å²) in [4.78, 5) is 2.46. The number of aromatic hydroxyl groups is 1. The zero-order valence-electron chi connectivity index (χ0n) is 17.5. The number of hydrogen-bond donors (Lipinski definition) is 3. The predicted molar refractivity (Wildman–Crippen MR) is 109 cm³/mol. The van der Waals surface area contributed by atoms with Gasteiger partial charge < -0.3 is 25.0 Å². The molecule has 2 fully saturated rings. The van der Waals surface area contributed by atoms with Crippen LogP contribution in [0.5, 0.6) is 11.5 Å². The van der Waals surface area contributed by atoms with Crippen LogP contribution in [0.25, 0.3) is 0 Å². The fourth-order valence-electron chi connectivity index (χ4n) is 8.15. The van der Waals surface area contributed by atoms with Crippen molar-refractivity contribution in [1.29, 1.82) is 0 Å². The third kappa shape index (κ3) is 1.77. The molecule has 7 atom stereocenters. The summed E-state index contributed by atoms with van der Waals surface area (Å²) < 4.78 is 6.50. The molecule has 5 nitrogen and oxygen atoms in total. The molecule has 1 aromatic carbocycles. The first-order valence-corrected chi connectivity index (χ1v) is 11.1. The number of nitrogens with zero attached hydrogens (tertiary/aromatic N) is 1. The third-order valence-corrected chi connectivity index (χ3v) is 9.26. The fourth-order valence-corrected chi connectivity index (χ4v) is 8.15. The van der Waals surface area contributed by atoms with Crippen molar-refractivity contribution in [3.05, 3.63) is 35.4 Å². The van der Waals surface area contributed by atoms with E-state index in [1.165, 1.54) is 5.56 Å². The van der Waals surface area contributed by atoms with E-state index in [1.807, 2.05) is 19.1 Å². The van der Waals surface area contributed by atoms with Crippen LogP contribution in [0.15, 0.2) is 24.3 Å². The van der Waals surface area contributed by atoms with Crippen LogP contribution in [0.3, 0.4) is 0 Å². The summed E-state index contributed by atoms with van der Waals surface area (Å²) in [5, 5.41) is 34.2. The van der Waals surface area contributed by atoms with Crippen molar-refractivity contribution >= 4 is 0 Å². The van der Waals surface area contributed by atoms with Crippen LogP contribution in [0.4, 0.5) is 0 Å². The Hall–Kier alpha value is -1.56. The van der Waals surface area contributed by atoms with E-state index in [9.17, 15) is 15.3 Å². The van der Waals surface area contributed by atoms with Gasteiger partial charge in [-0.1, -0.05) is 31.6 Å². The molecule has 4 aliphatic carbocycles. The molecule has 1 saturated heterocycles. The van der Waals surface area contributed by atoms with Crippen LogP contribution in [-0.4, -0.2) is 57.2 Å². The number of likely N-dealkylation sites (N-methyl/N-ethyl adjacent to an activating group) is 1. The van der Waals surface area contributed by atoms with Crippen LogP contribution >= 0.6 is 0 Å². The van der Waals surface area contributed by atoms with E-state index in [4.69, 9.17) is 4.74 Å². The van der Waals surface area contributed by atoms with Gasteiger partial charge >= 0.3 is 0 Å². The zero-order chi connectivity index (χ0) is 20.4. The number of phenols is 1. The molecule has 0 aromatic heterocycles. The van der Waals surface area contributed by atoms with Crippen molar-refractivity contribution in [3.8, 4) is 11.5 Å². The van der Waals surface area contributed by atoms with Crippen molar-refractivity contribution in [3.63, 3.8) is 0 Å². The normalized spacial score (nSPS) is 45.6. The lowest BCUT2D eigenvalue weighted by molar-refractivity contribution is -0.238. The van der Waals surface area contributed by atoms with Crippen LogP contribution in [-0.2, 0) is 11.8 Å². The SMILES string of the molecule is CCC[C@](C)(O)[C@H]1CC23C=C[C@]1(O)[C@H]1Oc4c(O)ccc5c4[C@]12CCN(C)[C@@H]3C5. The molecule has 1 unspecified atom stereocenters. The molecule has 4 bridgehead atoms. The Bertz CT molecular complexity index is 941. The highest BCUT2D eigenvalue weighted by Crippen LogP contribution is 2.74. The molecule has 3 N–H and O–H groups in total. The second-order valence-corrected chi connectivity index (χ2v) is 10.5. The number of phenolic OH excluding ortho intramolecular Hbond substituents is 1. The van der Waals surface area contributed by atoms with Crippen LogP contribution in [0.2, 0.25) is 0 Å². The van der Waals surface area contributed by atoms with E-state index >= 15 is 0 Å². The molecule has 5 heteroatoms. The summed E-state index contributed by atoms with van der Waals surface area (Å²) in [5.74, 6) is 0.433. The molecule has 7 rings (SSSR count). The largest absolute Gasteiger partial charge is 0.504 e. The summed E-state index contributed by atoms with van der Waals surface area (Å²) in [5.41, 5.74) is -0.401. The molecule has 2 heterocycles. The molecular weight excluding hydrogens is 366 g/mol. The molecule has 0 radical (unpaired) electrons. The van der Waals surface area contributed by atoms with E-state index in [0.29, 0.717) is 18.2 Å². The molecule has 1 saturated carbocycles. The Morgan fingerprint density at radius 3 is 2.86 bits per heavy atom. The Morgan fingerprint density at radius 2 is 2.10 bits per heavy atom. The summed E-state index contributed by atoms with van der Waals surface area (Å²) in [6.07, 6.45) is 7.78. The lowest BCUT2D eigenvalue weighted by Crippen LogP contribution is -2.80. The molecule has 2 aliphatic heterocycles. The van der Waals surface area contributed by atoms with E-state index in [0.717, 1.165) is 37.8 Å². The highest BCUT2D eigenvalue weighted by atomic mass is 16.5. The van der Waals surface area contributed by atoms with Gasteiger partial charge in [0.2, 0.25) is 0 Å². The zero-order valence-corrected chi connectivity index (χ0v) is 17.5. The predicted octanol–water partition coefficient (Wildman–Crippen LogP) is 2.51. The van der Waals surface area contributed by atoms with Gasteiger partial charge in [0.1, 0.15) is 11.7 Å². The van der Waals surface area contributed by atoms with Gasteiger partial charge in [-0.15, -0.1) is 0 Å². The quantitative estimate of drug-likeness (QED) is 0.684. The number of ether oxygens (including phenoxy) is 1. The van der Waals surface area contributed by atoms with Crippen LogP contribution < -0.4 is 4.74 Å². The standard InChI is InChI=1S/C24H31NO4/c1-4-7-21(2,27)16-13-22-8-9-24(16,28)20-23(22)10-11-25(3)17(22)12-14-5-6-15(26)19(29-20)18(14)23/h5-6,8-9,16-17,20,26-28H,4,7,10-13H2,1-3H3/t16-,17-,20+,21+,22?,23-,24-/m1/s1. The molecule has 2 spiro atoms. The Balaban J connectivity index is 1.65. The van der Waals surface area contributed by atoms with Gasteiger partial charge in [-0.2, -0.15) is 0 Å². The van der Waals surface area contributed by atoms with E-state index in [-0.39, 0.29) is 22.5 Å². The molecule has 6 aliphatic rings. The maximum Gasteiger partial charge on any atom is 0.165 e. The highest BCUT2D eigenvalue weighted by molar-refractivity contribution is 5.65. The van der Waals surface area contributed by atoms with Gasteiger partial charge in [0.05, 0.1) is 11.0 Å². The Morgan fingerprint density at radius 1 is 1.31 bits per heavy atom. The molecule has 0 amide bonds. The Kier molecular flexibility index (Phi) is 3.26. The van der Waals surface area contributed by atoms with Gasteiger partial charge in [-0.25, -0.2) is 0 Å². The number of aliphatic hydroxyl groups is 2. The number of rotatable bonds is 3. The van der Waals surface area contributed by atoms with Gasteiger partial charge in [-0.3, -0.25) is 0 Å². The lowest BCUT2D eigenvalue weighted by Gasteiger charge is -2.71. The second-order valence-electron chi connectivity index (χ2n) is 10.5. The summed E-state index contributed by atoms with van der Waals surface area (Å²) in [6, 6.07) is 4.08. The first kappa shape index (κ1) is 18.2. The van der Waals surface area contributed by atoms with Crippen LogP contribution in [0, 0.1) is 11.3 Å². The smallest absolute Gasteiger partial charge is 0.165 e. The molecule has 156 valence electrons. The minimum absolute atomic E-state index is 0.167. The average molecular weight is 398 g/mol. The molecule has 29 heavy (non-hydrogen) atoms. The van der Waals surface area contributed by atoms with Gasteiger partial charge in [0.15, 0.2) is 11.5 Å². The first-order chi connectivity index (χ1) is 13.7. The second kappa shape index (κ2) is 5.19. The first-order valence-electron chi connectivity index (χ1n) is 11.1. The minimum Gasteiger partial charge on any atom is -0.504 e. The van der Waals surface area contributed by atoms with Crippen molar-refractivity contribution in [2.75, 3.05) is 13.6 Å². The fraction of sp³-hybridized carbons (Fsp3) is 0.667. The number of piperidine rings is 1. The number of benzene rings is 1. The summed E-state index contributed by atoms with van der Waals surface area (Å²) in [6.45, 7) is 4.90. The number of hydrogen-bond acceptors (Lipinski definition) is 5. The minimum atomic E-state index is -1.25. The van der Waals surface area contributed by atoms with Crippen molar-refractivity contribution in [1.82, 2.24) is 4.90 Å². The van der Waals surface area contributed by atoms with E-state index in [1.54, 1.807) is 6.07 Å². The average Bonchev–Trinajstić information content (AvgIpc) is 3.04. The topological polar surface area (TPSA) is 73.2 Å². The monoisotopic (exact) mass is 397 g/mol. The van der Waals surface area contributed by atoms with E-state index in [2.05, 4.69) is 24.9 Å². The summed E-state index contributed by atoms with van der Waals surface area (Å²) in [7, 11) is 2.20. The number of fused-ring (bicyclic) bond motifs is 1. The van der Waals surface area contributed by atoms with E-state index < -0.39 is 17.3 Å². The third-order valence-electron chi connectivity index (χ3n) is 9.26. The maximum atomic E-state index is 12.1. The molecule has 1 aromatic rings. The van der Waals surface area contributed by atoms with Crippen LogP contribution in [0.1, 0.15) is 50.7 Å². The highest BCUT2D eigenvalue weighted by Gasteiger charge is 2.79. The van der Waals surface area contributed by atoms with Crippen molar-refractivity contribution in [2.45, 2.75) is 74.7 Å². The number of likely N-dealkylation sites (tertiary alicyclic amines) is 1. The van der Waals surface area contributed by atoms with Crippen molar-refractivity contribution < 1.29 is 20.1 Å². The van der Waals surface area contributed by atoms with Gasteiger partial charge in [-0.05, 0) is 57.8 Å². The van der Waals surface area contributed by atoms with Gasteiger partial charge in [0.25, 0.3) is 0 Å².